The molecule has 0 aromatic heterocycles. The Labute approximate surface area is 109 Å². The van der Waals surface area contributed by atoms with Gasteiger partial charge in [-0.25, -0.2) is 0 Å². The zero-order chi connectivity index (χ0) is 13.2. The lowest BCUT2D eigenvalue weighted by Crippen LogP contribution is -2.53. The highest BCUT2D eigenvalue weighted by Gasteiger charge is 2.36. The summed E-state index contributed by atoms with van der Waals surface area (Å²) < 4.78 is 5.71. The zero-order valence-corrected chi connectivity index (χ0v) is 11.5. The quantitative estimate of drug-likeness (QED) is 0.836. The average Bonchev–Trinajstić information content (AvgIpc) is 2.75. The Hall–Kier alpha value is -0.610. The second kappa shape index (κ2) is 5.57. The molecule has 2 saturated heterocycles. The largest absolute Gasteiger partial charge is 0.481 e. The summed E-state index contributed by atoms with van der Waals surface area (Å²) in [6, 6.07) is 0. The molecule has 2 rings (SSSR count). The second-order valence-corrected chi connectivity index (χ2v) is 6.36. The van der Waals surface area contributed by atoms with Crippen molar-refractivity contribution in [2.24, 2.45) is 5.92 Å². The SMILES string of the molecule is CC1(C)CCC(CC(=O)O)CN1CC1CCCO1. The van der Waals surface area contributed by atoms with Gasteiger partial charge < -0.3 is 9.84 Å². The highest BCUT2D eigenvalue weighted by molar-refractivity contribution is 5.67. The highest BCUT2D eigenvalue weighted by Crippen LogP contribution is 2.33. The van der Waals surface area contributed by atoms with Gasteiger partial charge in [-0.3, -0.25) is 9.69 Å². The van der Waals surface area contributed by atoms with Gasteiger partial charge in [0.15, 0.2) is 0 Å². The van der Waals surface area contributed by atoms with E-state index >= 15 is 0 Å². The summed E-state index contributed by atoms with van der Waals surface area (Å²) in [5.41, 5.74) is 0.182. The van der Waals surface area contributed by atoms with Crippen molar-refractivity contribution in [3.8, 4) is 0 Å². The molecule has 0 aromatic carbocycles. The van der Waals surface area contributed by atoms with Crippen molar-refractivity contribution in [3.05, 3.63) is 0 Å². The van der Waals surface area contributed by atoms with Gasteiger partial charge in [0, 0.05) is 31.7 Å². The van der Waals surface area contributed by atoms with Crippen LogP contribution in [-0.2, 0) is 9.53 Å². The molecule has 4 nitrogen and oxygen atoms in total. The summed E-state index contributed by atoms with van der Waals surface area (Å²) in [7, 11) is 0. The van der Waals surface area contributed by atoms with Gasteiger partial charge in [-0.1, -0.05) is 0 Å². The standard InChI is InChI=1S/C14H25NO3/c1-14(2)6-5-11(8-13(16)17)9-15(14)10-12-4-3-7-18-12/h11-12H,3-10H2,1-2H3,(H,16,17). The van der Waals surface area contributed by atoms with Crippen LogP contribution in [0.2, 0.25) is 0 Å². The smallest absolute Gasteiger partial charge is 0.303 e. The van der Waals surface area contributed by atoms with E-state index in [0.29, 0.717) is 18.4 Å². The molecule has 0 radical (unpaired) electrons. The lowest BCUT2D eigenvalue weighted by molar-refractivity contribution is -0.139. The molecule has 2 aliphatic heterocycles. The van der Waals surface area contributed by atoms with Gasteiger partial charge in [0.2, 0.25) is 0 Å². The third-order valence-corrected chi connectivity index (χ3v) is 4.41. The van der Waals surface area contributed by atoms with Crippen LogP contribution in [0, 0.1) is 5.92 Å². The molecule has 0 aliphatic carbocycles. The highest BCUT2D eigenvalue weighted by atomic mass is 16.5. The number of carboxylic acids is 1. The number of likely N-dealkylation sites (tertiary alicyclic amines) is 1. The summed E-state index contributed by atoms with van der Waals surface area (Å²) in [5, 5.41) is 8.92. The maximum Gasteiger partial charge on any atom is 0.303 e. The van der Waals surface area contributed by atoms with E-state index in [0.717, 1.165) is 45.4 Å². The van der Waals surface area contributed by atoms with Crippen molar-refractivity contribution in [1.29, 1.82) is 0 Å². The minimum atomic E-state index is -0.670. The van der Waals surface area contributed by atoms with E-state index in [-0.39, 0.29) is 5.54 Å². The van der Waals surface area contributed by atoms with Crippen molar-refractivity contribution in [2.75, 3.05) is 19.7 Å². The molecule has 0 aromatic rings. The van der Waals surface area contributed by atoms with Gasteiger partial charge in [-0.2, -0.15) is 0 Å². The van der Waals surface area contributed by atoms with Gasteiger partial charge in [0.1, 0.15) is 0 Å². The molecule has 4 heteroatoms. The minimum Gasteiger partial charge on any atom is -0.481 e. The Kier molecular flexibility index (Phi) is 4.28. The van der Waals surface area contributed by atoms with E-state index in [2.05, 4.69) is 18.7 Å². The van der Waals surface area contributed by atoms with E-state index in [4.69, 9.17) is 9.84 Å². The van der Waals surface area contributed by atoms with Crippen LogP contribution in [-0.4, -0.2) is 47.3 Å². The van der Waals surface area contributed by atoms with Crippen LogP contribution < -0.4 is 0 Å². The van der Waals surface area contributed by atoms with E-state index in [1.807, 2.05) is 0 Å². The maximum absolute atomic E-state index is 10.8. The van der Waals surface area contributed by atoms with E-state index in [1.54, 1.807) is 0 Å². The van der Waals surface area contributed by atoms with Crippen LogP contribution in [0.15, 0.2) is 0 Å². The molecule has 1 N–H and O–H groups in total. The van der Waals surface area contributed by atoms with Crippen molar-refractivity contribution in [2.45, 2.75) is 57.6 Å². The number of nitrogens with zero attached hydrogens (tertiary/aromatic N) is 1. The number of ether oxygens (including phenoxy) is 1. The Bertz CT molecular complexity index is 297. The first-order valence-electron chi connectivity index (χ1n) is 7.06. The first-order valence-corrected chi connectivity index (χ1v) is 7.06. The molecule has 2 unspecified atom stereocenters. The van der Waals surface area contributed by atoms with Crippen LogP contribution in [0.25, 0.3) is 0 Å². The van der Waals surface area contributed by atoms with Crippen molar-refractivity contribution < 1.29 is 14.6 Å². The van der Waals surface area contributed by atoms with Crippen LogP contribution in [0.1, 0.15) is 46.0 Å². The van der Waals surface area contributed by atoms with Crippen LogP contribution in [0.3, 0.4) is 0 Å². The van der Waals surface area contributed by atoms with Gasteiger partial charge >= 0.3 is 5.97 Å². The Balaban J connectivity index is 1.92. The summed E-state index contributed by atoms with van der Waals surface area (Å²) >= 11 is 0. The molecule has 2 fully saturated rings. The topological polar surface area (TPSA) is 49.8 Å². The van der Waals surface area contributed by atoms with E-state index in [9.17, 15) is 4.79 Å². The predicted molar refractivity (Wildman–Crippen MR) is 69.6 cm³/mol. The normalized spacial score (nSPS) is 32.6. The van der Waals surface area contributed by atoms with Gasteiger partial charge in [-0.05, 0) is 45.4 Å². The Morgan fingerprint density at radius 1 is 1.44 bits per heavy atom. The lowest BCUT2D eigenvalue weighted by Gasteiger charge is -2.46. The molecule has 2 heterocycles. The van der Waals surface area contributed by atoms with Crippen molar-refractivity contribution in [3.63, 3.8) is 0 Å². The molecule has 0 bridgehead atoms. The average molecular weight is 255 g/mol. The van der Waals surface area contributed by atoms with Gasteiger partial charge in [-0.15, -0.1) is 0 Å². The van der Waals surface area contributed by atoms with Gasteiger partial charge in [0.05, 0.1) is 6.10 Å². The molecule has 0 spiro atoms. The predicted octanol–water partition coefficient (Wildman–Crippen LogP) is 2.13. The fourth-order valence-electron chi connectivity index (χ4n) is 3.13. The number of carbonyl (C=O) groups is 1. The van der Waals surface area contributed by atoms with Gasteiger partial charge in [0.25, 0.3) is 0 Å². The first kappa shape index (κ1) is 13.8. The summed E-state index contributed by atoms with van der Waals surface area (Å²) in [6.45, 7) is 7.28. The first-order chi connectivity index (χ1) is 8.47. The van der Waals surface area contributed by atoms with Crippen LogP contribution in [0.5, 0.6) is 0 Å². The fourth-order valence-corrected chi connectivity index (χ4v) is 3.13. The number of piperidine rings is 1. The number of carboxylic acid groups (broad SMARTS) is 1. The number of aliphatic carboxylic acids is 1. The monoisotopic (exact) mass is 255 g/mol. The lowest BCUT2D eigenvalue weighted by atomic mass is 9.83. The molecule has 2 atom stereocenters. The Morgan fingerprint density at radius 2 is 2.22 bits per heavy atom. The summed E-state index contributed by atoms with van der Waals surface area (Å²) in [5.74, 6) is -0.367. The van der Waals surface area contributed by atoms with Crippen LogP contribution >= 0.6 is 0 Å². The summed E-state index contributed by atoms with van der Waals surface area (Å²) in [4.78, 5) is 13.3. The maximum atomic E-state index is 10.8. The molecule has 2 aliphatic rings. The molecular weight excluding hydrogens is 230 g/mol. The zero-order valence-electron chi connectivity index (χ0n) is 11.5. The third-order valence-electron chi connectivity index (χ3n) is 4.41. The minimum absolute atomic E-state index is 0.182. The molecule has 0 saturated carbocycles. The number of hydrogen-bond donors (Lipinski definition) is 1. The number of rotatable bonds is 4. The number of hydrogen-bond acceptors (Lipinski definition) is 3. The Morgan fingerprint density at radius 3 is 2.83 bits per heavy atom. The molecule has 18 heavy (non-hydrogen) atoms. The van der Waals surface area contributed by atoms with Crippen molar-refractivity contribution >= 4 is 5.97 Å². The fraction of sp³-hybridized carbons (Fsp3) is 0.929. The molecular formula is C14H25NO3. The third kappa shape index (κ3) is 3.45. The molecule has 104 valence electrons. The van der Waals surface area contributed by atoms with Crippen LogP contribution in [0.4, 0.5) is 0 Å². The van der Waals surface area contributed by atoms with E-state index in [1.165, 1.54) is 0 Å². The second-order valence-electron chi connectivity index (χ2n) is 6.36. The molecule has 0 amide bonds. The van der Waals surface area contributed by atoms with Crippen molar-refractivity contribution in [1.82, 2.24) is 4.90 Å². The van der Waals surface area contributed by atoms with E-state index < -0.39 is 5.97 Å². The summed E-state index contributed by atoms with van der Waals surface area (Å²) in [6.07, 6.45) is 5.08.